The van der Waals surface area contributed by atoms with E-state index in [9.17, 15) is 4.79 Å². The summed E-state index contributed by atoms with van der Waals surface area (Å²) in [6, 6.07) is 0.0454. The highest BCUT2D eigenvalue weighted by Crippen LogP contribution is 2.13. The summed E-state index contributed by atoms with van der Waals surface area (Å²) in [5, 5.41) is 3.27. The fraction of sp³-hybridized carbons (Fsp3) is 0.917. The van der Waals surface area contributed by atoms with E-state index in [0.29, 0.717) is 5.92 Å². The Morgan fingerprint density at radius 1 is 1.40 bits per heavy atom. The lowest BCUT2D eigenvalue weighted by Crippen LogP contribution is -2.35. The predicted octanol–water partition coefficient (Wildman–Crippen LogP) is 1.84. The maximum atomic E-state index is 11.9. The van der Waals surface area contributed by atoms with E-state index in [-0.39, 0.29) is 11.9 Å². The highest BCUT2D eigenvalue weighted by molar-refractivity contribution is 5.83. The molecule has 0 aromatic carbocycles. The third-order valence-electron chi connectivity index (χ3n) is 2.96. The van der Waals surface area contributed by atoms with E-state index in [1.165, 1.54) is 6.42 Å². The third kappa shape index (κ3) is 3.49. The van der Waals surface area contributed by atoms with Crippen molar-refractivity contribution in [3.8, 4) is 0 Å². The first-order valence-corrected chi connectivity index (χ1v) is 6.04. The van der Waals surface area contributed by atoms with E-state index in [0.717, 1.165) is 25.6 Å². The van der Waals surface area contributed by atoms with Crippen molar-refractivity contribution in [1.29, 1.82) is 0 Å². The van der Waals surface area contributed by atoms with E-state index >= 15 is 0 Å². The fourth-order valence-electron chi connectivity index (χ4n) is 1.97. The van der Waals surface area contributed by atoms with Crippen LogP contribution in [0.15, 0.2) is 0 Å². The summed E-state index contributed by atoms with van der Waals surface area (Å²) in [5.74, 6) is 1.41. The molecule has 1 amide bonds. The first-order chi connectivity index (χ1) is 7.02. The standard InChI is InChI=1S/C12H24N2O/c1-9(2)6-5-7-14-8-13-11(10(3)4)12(14)15/h9-11,13H,5-8H2,1-4H3. The van der Waals surface area contributed by atoms with Crippen molar-refractivity contribution in [3.05, 3.63) is 0 Å². The topological polar surface area (TPSA) is 32.3 Å². The Morgan fingerprint density at radius 2 is 2.07 bits per heavy atom. The summed E-state index contributed by atoms with van der Waals surface area (Å²) in [5.41, 5.74) is 0. The largest absolute Gasteiger partial charge is 0.329 e. The zero-order chi connectivity index (χ0) is 11.4. The Kier molecular flexibility index (Phi) is 4.58. The minimum atomic E-state index is 0.0454. The van der Waals surface area contributed by atoms with E-state index < -0.39 is 0 Å². The second-order valence-corrected chi connectivity index (χ2v) is 5.22. The molecule has 0 saturated carbocycles. The lowest BCUT2D eigenvalue weighted by atomic mass is 10.0. The lowest BCUT2D eigenvalue weighted by molar-refractivity contribution is -0.129. The van der Waals surface area contributed by atoms with Gasteiger partial charge >= 0.3 is 0 Å². The van der Waals surface area contributed by atoms with Gasteiger partial charge in [-0.15, -0.1) is 0 Å². The molecule has 1 heterocycles. The highest BCUT2D eigenvalue weighted by Gasteiger charge is 2.32. The molecule has 0 aromatic rings. The minimum absolute atomic E-state index is 0.0454. The van der Waals surface area contributed by atoms with Gasteiger partial charge in [0.25, 0.3) is 0 Å². The summed E-state index contributed by atoms with van der Waals surface area (Å²) >= 11 is 0. The van der Waals surface area contributed by atoms with E-state index in [2.05, 4.69) is 33.0 Å². The maximum absolute atomic E-state index is 11.9. The van der Waals surface area contributed by atoms with Gasteiger partial charge in [0, 0.05) is 6.54 Å². The van der Waals surface area contributed by atoms with Crippen LogP contribution >= 0.6 is 0 Å². The lowest BCUT2D eigenvalue weighted by Gasteiger charge is -2.17. The molecule has 15 heavy (non-hydrogen) atoms. The molecule has 3 heteroatoms. The molecule has 0 radical (unpaired) electrons. The quantitative estimate of drug-likeness (QED) is 0.754. The molecule has 88 valence electrons. The van der Waals surface area contributed by atoms with Crippen molar-refractivity contribution in [2.24, 2.45) is 11.8 Å². The molecule has 0 aromatic heterocycles. The monoisotopic (exact) mass is 212 g/mol. The first-order valence-electron chi connectivity index (χ1n) is 6.04. The van der Waals surface area contributed by atoms with Gasteiger partial charge in [0.15, 0.2) is 0 Å². The molecular weight excluding hydrogens is 188 g/mol. The van der Waals surface area contributed by atoms with Gasteiger partial charge < -0.3 is 4.90 Å². The van der Waals surface area contributed by atoms with Gasteiger partial charge in [-0.25, -0.2) is 0 Å². The average Bonchev–Trinajstić information content (AvgIpc) is 2.47. The van der Waals surface area contributed by atoms with Gasteiger partial charge in [0.05, 0.1) is 12.7 Å². The fourth-order valence-corrected chi connectivity index (χ4v) is 1.97. The summed E-state index contributed by atoms with van der Waals surface area (Å²) < 4.78 is 0. The van der Waals surface area contributed by atoms with Crippen LogP contribution < -0.4 is 5.32 Å². The van der Waals surface area contributed by atoms with Crippen molar-refractivity contribution in [2.45, 2.75) is 46.6 Å². The molecule has 3 nitrogen and oxygen atoms in total. The second kappa shape index (κ2) is 5.50. The van der Waals surface area contributed by atoms with Crippen LogP contribution in [0, 0.1) is 11.8 Å². The van der Waals surface area contributed by atoms with Crippen molar-refractivity contribution >= 4 is 5.91 Å². The highest BCUT2D eigenvalue weighted by atomic mass is 16.2. The number of rotatable bonds is 5. The SMILES string of the molecule is CC(C)CCCN1CNC(C(C)C)C1=O. The zero-order valence-corrected chi connectivity index (χ0v) is 10.4. The molecule has 1 saturated heterocycles. The summed E-state index contributed by atoms with van der Waals surface area (Å²) in [4.78, 5) is 13.8. The van der Waals surface area contributed by atoms with Gasteiger partial charge in [-0.1, -0.05) is 27.7 Å². The van der Waals surface area contributed by atoms with Gasteiger partial charge in [-0.2, -0.15) is 0 Å². The third-order valence-corrected chi connectivity index (χ3v) is 2.96. The summed E-state index contributed by atoms with van der Waals surface area (Å²) in [7, 11) is 0. The normalized spacial score (nSPS) is 22.1. The van der Waals surface area contributed by atoms with Crippen LogP contribution in [0.3, 0.4) is 0 Å². The number of hydrogen-bond acceptors (Lipinski definition) is 2. The van der Waals surface area contributed by atoms with E-state index in [1.807, 2.05) is 4.90 Å². The van der Waals surface area contributed by atoms with E-state index in [1.54, 1.807) is 0 Å². The van der Waals surface area contributed by atoms with Crippen LogP contribution in [0.2, 0.25) is 0 Å². The van der Waals surface area contributed by atoms with Crippen LogP contribution in [0.5, 0.6) is 0 Å². The van der Waals surface area contributed by atoms with Crippen molar-refractivity contribution in [1.82, 2.24) is 10.2 Å². The van der Waals surface area contributed by atoms with Crippen LogP contribution in [-0.2, 0) is 4.79 Å². The van der Waals surface area contributed by atoms with E-state index in [4.69, 9.17) is 0 Å². The maximum Gasteiger partial charge on any atom is 0.241 e. The van der Waals surface area contributed by atoms with Crippen LogP contribution in [0.4, 0.5) is 0 Å². The number of carbonyl (C=O) groups is 1. The summed E-state index contributed by atoms with van der Waals surface area (Å²) in [6.45, 7) is 10.3. The Morgan fingerprint density at radius 3 is 2.53 bits per heavy atom. The number of nitrogens with zero attached hydrogens (tertiary/aromatic N) is 1. The van der Waals surface area contributed by atoms with Crippen LogP contribution in [-0.4, -0.2) is 30.1 Å². The van der Waals surface area contributed by atoms with Gasteiger partial charge in [-0.3, -0.25) is 10.1 Å². The average molecular weight is 212 g/mol. The number of hydrogen-bond donors (Lipinski definition) is 1. The molecule has 1 N–H and O–H groups in total. The Bertz CT molecular complexity index is 214. The van der Waals surface area contributed by atoms with Gasteiger partial charge in [0.1, 0.15) is 0 Å². The summed E-state index contributed by atoms with van der Waals surface area (Å²) in [6.07, 6.45) is 2.33. The number of carbonyl (C=O) groups excluding carboxylic acids is 1. The van der Waals surface area contributed by atoms with Crippen molar-refractivity contribution in [3.63, 3.8) is 0 Å². The zero-order valence-electron chi connectivity index (χ0n) is 10.4. The molecule has 1 aliphatic rings. The molecule has 0 spiro atoms. The predicted molar refractivity (Wildman–Crippen MR) is 62.4 cm³/mol. The van der Waals surface area contributed by atoms with Crippen LogP contribution in [0.25, 0.3) is 0 Å². The molecule has 1 fully saturated rings. The number of nitrogens with one attached hydrogen (secondary N) is 1. The Balaban J connectivity index is 2.30. The first kappa shape index (κ1) is 12.5. The Hall–Kier alpha value is -0.570. The molecule has 0 aliphatic carbocycles. The van der Waals surface area contributed by atoms with Gasteiger partial charge in [-0.05, 0) is 24.7 Å². The molecule has 1 atom stereocenters. The van der Waals surface area contributed by atoms with Crippen LogP contribution in [0.1, 0.15) is 40.5 Å². The molecule has 1 unspecified atom stereocenters. The Labute approximate surface area is 93.2 Å². The molecule has 1 aliphatic heterocycles. The minimum Gasteiger partial charge on any atom is -0.329 e. The van der Waals surface area contributed by atoms with Crippen molar-refractivity contribution < 1.29 is 4.79 Å². The molecular formula is C12H24N2O. The number of amides is 1. The van der Waals surface area contributed by atoms with Crippen molar-refractivity contribution in [2.75, 3.05) is 13.2 Å². The molecule has 0 bridgehead atoms. The smallest absolute Gasteiger partial charge is 0.241 e. The molecule has 1 rings (SSSR count). The van der Waals surface area contributed by atoms with Gasteiger partial charge in [0.2, 0.25) is 5.91 Å². The second-order valence-electron chi connectivity index (χ2n) is 5.22.